The standard InChI is InChI=1S/C36H39ClFN3O6S/c1-26(2)46-22-6-21-39-36(43)34(23-27-7-4-3-5-8-27)41(24-28-9-11-29(37)12-10-28)35(42)25-47-32-17-19-33(20-18-32)48(44,45)40-31-15-13-30(38)14-16-31/h3-5,7-20,26,34,40H,6,21-25H2,1-2H3,(H,39,43)/t34-/m1/s1. The molecule has 0 bridgehead atoms. The topological polar surface area (TPSA) is 114 Å². The third-order valence-electron chi connectivity index (χ3n) is 7.20. The van der Waals surface area contributed by atoms with Crippen LogP contribution in [-0.2, 0) is 37.3 Å². The summed E-state index contributed by atoms with van der Waals surface area (Å²) in [6.45, 7) is 4.47. The molecule has 0 aromatic heterocycles. The quantitative estimate of drug-likeness (QED) is 0.127. The first-order valence-corrected chi connectivity index (χ1v) is 17.3. The first-order chi connectivity index (χ1) is 23.0. The van der Waals surface area contributed by atoms with Crippen molar-refractivity contribution >= 4 is 39.1 Å². The van der Waals surface area contributed by atoms with Gasteiger partial charge in [-0.05, 0) is 92.1 Å². The summed E-state index contributed by atoms with van der Waals surface area (Å²) in [5, 5.41) is 3.51. The lowest BCUT2D eigenvalue weighted by molar-refractivity contribution is -0.142. The molecule has 0 radical (unpaired) electrons. The lowest BCUT2D eigenvalue weighted by Gasteiger charge is -2.31. The van der Waals surface area contributed by atoms with Crippen LogP contribution in [-0.4, -0.2) is 57.0 Å². The monoisotopic (exact) mass is 695 g/mol. The van der Waals surface area contributed by atoms with E-state index in [2.05, 4.69) is 10.0 Å². The van der Waals surface area contributed by atoms with Gasteiger partial charge < -0.3 is 19.7 Å². The van der Waals surface area contributed by atoms with E-state index in [9.17, 15) is 22.4 Å². The molecule has 0 aliphatic carbocycles. The third kappa shape index (κ3) is 11.4. The van der Waals surface area contributed by atoms with Gasteiger partial charge >= 0.3 is 0 Å². The van der Waals surface area contributed by atoms with Crippen LogP contribution >= 0.6 is 11.6 Å². The summed E-state index contributed by atoms with van der Waals surface area (Å²) in [6, 6.07) is 26.1. The van der Waals surface area contributed by atoms with Crippen LogP contribution in [0.25, 0.3) is 0 Å². The van der Waals surface area contributed by atoms with E-state index in [4.69, 9.17) is 21.1 Å². The number of hydrogen-bond acceptors (Lipinski definition) is 6. The van der Waals surface area contributed by atoms with Crippen molar-refractivity contribution in [3.63, 3.8) is 0 Å². The van der Waals surface area contributed by atoms with E-state index in [1.807, 2.05) is 44.2 Å². The predicted octanol–water partition coefficient (Wildman–Crippen LogP) is 6.23. The molecule has 9 nitrogen and oxygen atoms in total. The molecule has 4 rings (SSSR count). The van der Waals surface area contributed by atoms with Gasteiger partial charge in [0.2, 0.25) is 5.91 Å². The molecule has 2 N–H and O–H groups in total. The molecule has 0 saturated heterocycles. The van der Waals surface area contributed by atoms with Crippen molar-refractivity contribution in [2.45, 2.75) is 50.3 Å². The zero-order valence-corrected chi connectivity index (χ0v) is 28.3. The van der Waals surface area contributed by atoms with Gasteiger partial charge in [-0.15, -0.1) is 0 Å². The van der Waals surface area contributed by atoms with E-state index in [-0.39, 0.29) is 41.3 Å². The van der Waals surface area contributed by atoms with Crippen LogP contribution in [0.5, 0.6) is 5.75 Å². The van der Waals surface area contributed by atoms with E-state index in [1.165, 1.54) is 41.3 Å². The van der Waals surface area contributed by atoms with Gasteiger partial charge in [-0.1, -0.05) is 54.1 Å². The number of hydrogen-bond donors (Lipinski definition) is 2. The molecule has 4 aromatic carbocycles. The number of amides is 2. The number of nitrogens with zero attached hydrogens (tertiary/aromatic N) is 1. The molecule has 1 atom stereocenters. The van der Waals surface area contributed by atoms with Crippen molar-refractivity contribution in [1.29, 1.82) is 0 Å². The molecule has 0 fully saturated rings. The Morgan fingerprint density at radius 2 is 1.54 bits per heavy atom. The minimum Gasteiger partial charge on any atom is -0.484 e. The van der Waals surface area contributed by atoms with Crippen molar-refractivity contribution in [1.82, 2.24) is 10.2 Å². The highest BCUT2D eigenvalue weighted by molar-refractivity contribution is 7.92. The lowest BCUT2D eigenvalue weighted by Crippen LogP contribution is -2.52. The van der Waals surface area contributed by atoms with Gasteiger partial charge in [-0.25, -0.2) is 12.8 Å². The maximum atomic E-state index is 13.9. The highest BCUT2D eigenvalue weighted by atomic mass is 35.5. The Kier molecular flexibility index (Phi) is 13.4. The molecule has 48 heavy (non-hydrogen) atoms. The van der Waals surface area contributed by atoms with Crippen molar-refractivity contribution in [3.8, 4) is 5.75 Å². The Labute approximate surface area is 286 Å². The van der Waals surface area contributed by atoms with Crippen molar-refractivity contribution in [2.24, 2.45) is 0 Å². The SMILES string of the molecule is CC(C)OCCCNC(=O)[C@@H](Cc1ccccc1)N(Cc1ccc(Cl)cc1)C(=O)COc1ccc(S(=O)(=O)Nc2ccc(F)cc2)cc1. The van der Waals surface area contributed by atoms with Gasteiger partial charge in [-0.3, -0.25) is 14.3 Å². The number of rotatable bonds is 17. The second kappa shape index (κ2) is 17.6. The second-order valence-electron chi connectivity index (χ2n) is 11.3. The molecule has 4 aromatic rings. The fourth-order valence-corrected chi connectivity index (χ4v) is 5.92. The molecule has 0 aliphatic heterocycles. The van der Waals surface area contributed by atoms with Crippen LogP contribution in [0.15, 0.2) is 108 Å². The smallest absolute Gasteiger partial charge is 0.261 e. The number of ether oxygens (including phenoxy) is 2. The fourth-order valence-electron chi connectivity index (χ4n) is 4.74. The highest BCUT2D eigenvalue weighted by Gasteiger charge is 2.30. The Morgan fingerprint density at radius 1 is 0.875 bits per heavy atom. The molecule has 254 valence electrons. The van der Waals surface area contributed by atoms with Crippen LogP contribution in [0.3, 0.4) is 0 Å². The molecule has 12 heteroatoms. The van der Waals surface area contributed by atoms with Gasteiger partial charge in [0.05, 0.1) is 11.0 Å². The molecule has 2 amide bonds. The summed E-state index contributed by atoms with van der Waals surface area (Å²) in [4.78, 5) is 29.0. The molecular weight excluding hydrogens is 657 g/mol. The number of halogens is 2. The molecular formula is C36H39ClFN3O6S. The Morgan fingerprint density at radius 3 is 2.19 bits per heavy atom. The van der Waals surface area contributed by atoms with E-state index in [0.29, 0.717) is 24.6 Å². The minimum atomic E-state index is -3.96. The third-order valence-corrected chi connectivity index (χ3v) is 8.85. The first-order valence-electron chi connectivity index (χ1n) is 15.5. The average Bonchev–Trinajstić information content (AvgIpc) is 3.07. The molecule has 0 saturated carbocycles. The number of benzene rings is 4. The molecule has 0 heterocycles. The summed E-state index contributed by atoms with van der Waals surface area (Å²) >= 11 is 6.11. The molecule has 0 spiro atoms. The van der Waals surface area contributed by atoms with E-state index >= 15 is 0 Å². The van der Waals surface area contributed by atoms with Crippen molar-refractivity contribution < 1.29 is 31.9 Å². The lowest BCUT2D eigenvalue weighted by atomic mass is 10.0. The summed E-state index contributed by atoms with van der Waals surface area (Å²) < 4.78 is 52.6. The van der Waals surface area contributed by atoms with Crippen LogP contribution < -0.4 is 14.8 Å². The Balaban J connectivity index is 1.51. The summed E-state index contributed by atoms with van der Waals surface area (Å²) in [5.41, 5.74) is 1.86. The zero-order chi connectivity index (χ0) is 34.5. The van der Waals surface area contributed by atoms with Crippen LogP contribution in [0.2, 0.25) is 5.02 Å². The van der Waals surface area contributed by atoms with E-state index < -0.39 is 34.4 Å². The fraction of sp³-hybridized carbons (Fsp3) is 0.278. The number of carbonyl (C=O) groups excluding carboxylic acids is 2. The van der Waals surface area contributed by atoms with Gasteiger partial charge in [-0.2, -0.15) is 0 Å². The summed E-state index contributed by atoms with van der Waals surface area (Å²) in [6.07, 6.45) is 0.960. The number of carbonyl (C=O) groups is 2. The van der Waals surface area contributed by atoms with Crippen LogP contribution in [0.4, 0.5) is 10.1 Å². The maximum absolute atomic E-state index is 13.9. The van der Waals surface area contributed by atoms with Gasteiger partial charge in [0, 0.05) is 36.8 Å². The van der Waals surface area contributed by atoms with Crippen molar-refractivity contribution in [2.75, 3.05) is 24.5 Å². The van der Waals surface area contributed by atoms with E-state index in [1.54, 1.807) is 24.3 Å². The molecule has 0 aliphatic rings. The normalized spacial score (nSPS) is 11.9. The highest BCUT2D eigenvalue weighted by Crippen LogP contribution is 2.21. The predicted molar refractivity (Wildman–Crippen MR) is 184 cm³/mol. The number of anilines is 1. The van der Waals surface area contributed by atoms with Crippen LogP contribution in [0.1, 0.15) is 31.4 Å². The number of sulfonamides is 1. The summed E-state index contributed by atoms with van der Waals surface area (Å²) in [5.74, 6) is -0.988. The van der Waals surface area contributed by atoms with Crippen LogP contribution in [0, 0.1) is 5.82 Å². The minimum absolute atomic E-state index is 0.0479. The summed E-state index contributed by atoms with van der Waals surface area (Å²) in [7, 11) is -3.96. The Bertz CT molecular complexity index is 1720. The first kappa shape index (κ1) is 36.4. The van der Waals surface area contributed by atoms with Gasteiger partial charge in [0.15, 0.2) is 6.61 Å². The maximum Gasteiger partial charge on any atom is 0.261 e. The average molecular weight is 696 g/mol. The second-order valence-corrected chi connectivity index (χ2v) is 13.4. The van der Waals surface area contributed by atoms with E-state index in [0.717, 1.165) is 23.3 Å². The Hall–Kier alpha value is -4.45. The number of nitrogens with one attached hydrogen (secondary N) is 2. The zero-order valence-electron chi connectivity index (χ0n) is 26.8. The van der Waals surface area contributed by atoms with Gasteiger partial charge in [0.25, 0.3) is 15.9 Å². The van der Waals surface area contributed by atoms with Crippen molar-refractivity contribution in [3.05, 3.63) is 125 Å². The molecule has 0 unspecified atom stereocenters. The largest absolute Gasteiger partial charge is 0.484 e. The van der Waals surface area contributed by atoms with Gasteiger partial charge in [0.1, 0.15) is 17.6 Å².